The second-order valence-corrected chi connectivity index (χ2v) is 4.09. The molecule has 1 atom stereocenters. The van der Waals surface area contributed by atoms with Crippen LogP contribution in [-0.4, -0.2) is 12.0 Å². The Labute approximate surface area is 81.6 Å². The number of hydrogen-bond acceptors (Lipinski definition) is 3. The molecule has 1 heterocycles. The minimum atomic E-state index is 0.345. The van der Waals surface area contributed by atoms with E-state index in [9.17, 15) is 0 Å². The number of para-hydroxylation sites is 1. The topological polar surface area (TPSA) is 24.9 Å². The molecule has 2 rings (SSSR count). The van der Waals surface area contributed by atoms with Crippen molar-refractivity contribution >= 4 is 21.6 Å². The smallest absolute Gasteiger partial charge is 0.111 e. The first-order chi connectivity index (χ1) is 6.31. The maximum atomic E-state index is 4.54. The first-order valence-electron chi connectivity index (χ1n) is 4.34. The zero-order valence-electron chi connectivity index (χ0n) is 7.74. The van der Waals surface area contributed by atoms with Gasteiger partial charge in [0.1, 0.15) is 5.01 Å². The molecule has 0 saturated carbocycles. The normalized spacial score (nSPS) is 13.4. The van der Waals surface area contributed by atoms with Crippen LogP contribution < -0.4 is 5.32 Å². The highest BCUT2D eigenvalue weighted by atomic mass is 32.1. The van der Waals surface area contributed by atoms with Gasteiger partial charge in [-0.3, -0.25) is 0 Å². The highest BCUT2D eigenvalue weighted by Crippen LogP contribution is 2.25. The third-order valence-corrected chi connectivity index (χ3v) is 3.33. The summed E-state index contributed by atoms with van der Waals surface area (Å²) < 4.78 is 1.26. The summed E-state index contributed by atoms with van der Waals surface area (Å²) in [6.45, 7) is 2.12. The first kappa shape index (κ1) is 8.66. The number of hydrogen-bond donors (Lipinski definition) is 1. The Hall–Kier alpha value is -0.930. The minimum absolute atomic E-state index is 0.345. The molecule has 0 bridgehead atoms. The molecule has 0 aliphatic carbocycles. The molecule has 0 aliphatic rings. The number of nitrogens with zero attached hydrogens (tertiary/aromatic N) is 1. The van der Waals surface area contributed by atoms with Crippen LogP contribution in [0.15, 0.2) is 24.3 Å². The molecule has 0 radical (unpaired) electrons. The van der Waals surface area contributed by atoms with Gasteiger partial charge in [-0.2, -0.15) is 0 Å². The predicted molar refractivity (Wildman–Crippen MR) is 57.1 cm³/mol. The number of thiazole rings is 1. The summed E-state index contributed by atoms with van der Waals surface area (Å²) in [5, 5.41) is 4.35. The Morgan fingerprint density at radius 2 is 2.15 bits per heavy atom. The van der Waals surface area contributed by atoms with Crippen LogP contribution in [-0.2, 0) is 0 Å². The van der Waals surface area contributed by atoms with E-state index >= 15 is 0 Å². The number of aromatic nitrogens is 1. The van der Waals surface area contributed by atoms with Crippen LogP contribution >= 0.6 is 11.3 Å². The van der Waals surface area contributed by atoms with Crippen LogP contribution in [0.1, 0.15) is 18.0 Å². The fourth-order valence-electron chi connectivity index (χ4n) is 1.20. The van der Waals surface area contributed by atoms with E-state index in [4.69, 9.17) is 0 Å². The van der Waals surface area contributed by atoms with Crippen molar-refractivity contribution in [2.45, 2.75) is 13.0 Å². The monoisotopic (exact) mass is 192 g/mol. The number of nitrogens with one attached hydrogen (secondary N) is 1. The van der Waals surface area contributed by atoms with Gasteiger partial charge in [-0.15, -0.1) is 11.3 Å². The molecule has 2 aromatic rings. The fourth-order valence-corrected chi connectivity index (χ4v) is 2.23. The standard InChI is InChI=1S/C10H12N2S/c1-7(11-2)10-12-8-5-3-4-6-9(8)13-10/h3-7,11H,1-2H3/t7-/m1/s1. The molecule has 1 N–H and O–H groups in total. The predicted octanol–water partition coefficient (Wildman–Crippen LogP) is 2.58. The van der Waals surface area contributed by atoms with Gasteiger partial charge in [-0.05, 0) is 26.1 Å². The SMILES string of the molecule is CN[C@H](C)c1nc2ccccc2s1. The second-order valence-electron chi connectivity index (χ2n) is 3.03. The average molecular weight is 192 g/mol. The summed E-state index contributed by atoms with van der Waals surface area (Å²) in [7, 11) is 1.96. The van der Waals surface area contributed by atoms with Crippen molar-refractivity contribution in [3.63, 3.8) is 0 Å². The Balaban J connectivity index is 2.49. The van der Waals surface area contributed by atoms with Crippen molar-refractivity contribution in [3.8, 4) is 0 Å². The Bertz CT molecular complexity index is 375. The van der Waals surface area contributed by atoms with Crippen molar-refractivity contribution in [3.05, 3.63) is 29.3 Å². The van der Waals surface area contributed by atoms with E-state index < -0.39 is 0 Å². The number of rotatable bonds is 2. The molecule has 0 spiro atoms. The zero-order valence-corrected chi connectivity index (χ0v) is 8.56. The second kappa shape index (κ2) is 3.44. The van der Waals surface area contributed by atoms with E-state index in [0.29, 0.717) is 6.04 Å². The maximum Gasteiger partial charge on any atom is 0.111 e. The molecule has 1 aromatic carbocycles. The van der Waals surface area contributed by atoms with Gasteiger partial charge < -0.3 is 5.32 Å². The molecule has 0 amide bonds. The molecular formula is C10H12N2S. The summed E-state index contributed by atoms with van der Waals surface area (Å²) in [5.41, 5.74) is 1.10. The van der Waals surface area contributed by atoms with E-state index in [1.54, 1.807) is 11.3 Å². The van der Waals surface area contributed by atoms with E-state index in [2.05, 4.69) is 29.4 Å². The van der Waals surface area contributed by atoms with Gasteiger partial charge in [-0.25, -0.2) is 4.98 Å². The lowest BCUT2D eigenvalue weighted by molar-refractivity contribution is 0.649. The maximum absolute atomic E-state index is 4.54. The van der Waals surface area contributed by atoms with Gasteiger partial charge in [-0.1, -0.05) is 12.1 Å². The molecule has 0 saturated heterocycles. The van der Waals surface area contributed by atoms with E-state index in [-0.39, 0.29) is 0 Å². The summed E-state index contributed by atoms with van der Waals surface area (Å²) >= 11 is 1.76. The van der Waals surface area contributed by atoms with Gasteiger partial charge >= 0.3 is 0 Å². The number of benzene rings is 1. The minimum Gasteiger partial charge on any atom is -0.311 e. The van der Waals surface area contributed by atoms with Crippen molar-refractivity contribution in [1.82, 2.24) is 10.3 Å². The van der Waals surface area contributed by atoms with Gasteiger partial charge in [0, 0.05) is 0 Å². The van der Waals surface area contributed by atoms with Crippen molar-refractivity contribution in [2.24, 2.45) is 0 Å². The lowest BCUT2D eigenvalue weighted by Gasteiger charge is -2.03. The number of fused-ring (bicyclic) bond motifs is 1. The van der Waals surface area contributed by atoms with Crippen molar-refractivity contribution < 1.29 is 0 Å². The van der Waals surface area contributed by atoms with Crippen molar-refractivity contribution in [2.75, 3.05) is 7.05 Å². The van der Waals surface area contributed by atoms with E-state index in [1.807, 2.05) is 19.2 Å². The van der Waals surface area contributed by atoms with E-state index in [1.165, 1.54) is 4.70 Å². The lowest BCUT2D eigenvalue weighted by Crippen LogP contribution is -2.11. The summed E-state index contributed by atoms with van der Waals surface area (Å²) in [6.07, 6.45) is 0. The molecule has 3 heteroatoms. The average Bonchev–Trinajstić information content (AvgIpc) is 2.59. The first-order valence-corrected chi connectivity index (χ1v) is 5.15. The molecule has 1 aromatic heterocycles. The van der Waals surface area contributed by atoms with Gasteiger partial charge in [0.05, 0.1) is 16.3 Å². The molecule has 0 unspecified atom stereocenters. The fraction of sp³-hybridized carbons (Fsp3) is 0.300. The van der Waals surface area contributed by atoms with Crippen molar-refractivity contribution in [1.29, 1.82) is 0 Å². The molecule has 68 valence electrons. The third kappa shape index (κ3) is 1.57. The van der Waals surface area contributed by atoms with Crippen LogP contribution in [0.25, 0.3) is 10.2 Å². The summed E-state index contributed by atoms with van der Waals surface area (Å²) in [4.78, 5) is 4.54. The van der Waals surface area contributed by atoms with E-state index in [0.717, 1.165) is 10.5 Å². The van der Waals surface area contributed by atoms with Crippen LogP contribution in [0.4, 0.5) is 0 Å². The lowest BCUT2D eigenvalue weighted by atomic mass is 10.3. The quantitative estimate of drug-likeness (QED) is 0.791. The van der Waals surface area contributed by atoms with Crippen LogP contribution in [0.5, 0.6) is 0 Å². The van der Waals surface area contributed by atoms with Crippen LogP contribution in [0.2, 0.25) is 0 Å². The molecular weight excluding hydrogens is 180 g/mol. The van der Waals surface area contributed by atoms with Gasteiger partial charge in [0.25, 0.3) is 0 Å². The Morgan fingerprint density at radius 1 is 1.38 bits per heavy atom. The third-order valence-electron chi connectivity index (χ3n) is 2.11. The van der Waals surface area contributed by atoms with Crippen LogP contribution in [0, 0.1) is 0 Å². The highest BCUT2D eigenvalue weighted by molar-refractivity contribution is 7.18. The summed E-state index contributed by atoms with van der Waals surface area (Å²) in [6, 6.07) is 8.58. The molecule has 0 fully saturated rings. The van der Waals surface area contributed by atoms with Gasteiger partial charge in [0.2, 0.25) is 0 Å². The molecule has 0 aliphatic heterocycles. The Kier molecular flexibility index (Phi) is 2.29. The largest absolute Gasteiger partial charge is 0.311 e. The zero-order chi connectivity index (χ0) is 9.26. The van der Waals surface area contributed by atoms with Crippen LogP contribution in [0.3, 0.4) is 0 Å². The van der Waals surface area contributed by atoms with Gasteiger partial charge in [0.15, 0.2) is 0 Å². The summed E-state index contributed by atoms with van der Waals surface area (Å²) in [5.74, 6) is 0. The molecule has 13 heavy (non-hydrogen) atoms. The highest BCUT2D eigenvalue weighted by Gasteiger charge is 2.08. The molecule has 2 nitrogen and oxygen atoms in total. The Morgan fingerprint density at radius 3 is 2.85 bits per heavy atom.